The standard InChI is InChI=1S/C27H25ClF2N2O2S/c1-27(2,18-6-12-21(13-7-18)34-15-14-33)25-16-31-26(32(25)20-10-8-19(29)9-11-20)35-17-22-23(28)4-3-5-24(22)30/h3-13,16,33H,14-15,17H2,1-2H3. The summed E-state index contributed by atoms with van der Waals surface area (Å²) < 4.78 is 35.5. The molecule has 35 heavy (non-hydrogen) atoms. The molecule has 0 fully saturated rings. The highest BCUT2D eigenvalue weighted by molar-refractivity contribution is 7.98. The molecule has 0 radical (unpaired) electrons. The minimum atomic E-state index is -0.481. The number of imidazole rings is 1. The van der Waals surface area contributed by atoms with Gasteiger partial charge in [0.15, 0.2) is 5.16 Å². The van der Waals surface area contributed by atoms with Crippen LogP contribution in [-0.4, -0.2) is 27.9 Å². The fourth-order valence-electron chi connectivity index (χ4n) is 3.80. The van der Waals surface area contributed by atoms with Crippen LogP contribution in [-0.2, 0) is 11.2 Å². The lowest BCUT2D eigenvalue weighted by Crippen LogP contribution is -2.23. The Bertz CT molecular complexity index is 1270. The summed E-state index contributed by atoms with van der Waals surface area (Å²) in [7, 11) is 0. The van der Waals surface area contributed by atoms with Crippen molar-refractivity contribution in [1.82, 2.24) is 9.55 Å². The molecule has 0 amide bonds. The molecule has 0 aliphatic rings. The number of aliphatic hydroxyl groups excluding tert-OH is 1. The van der Waals surface area contributed by atoms with Gasteiger partial charge >= 0.3 is 0 Å². The van der Waals surface area contributed by atoms with E-state index in [0.29, 0.717) is 27.2 Å². The largest absolute Gasteiger partial charge is 0.491 e. The Balaban J connectivity index is 1.72. The summed E-state index contributed by atoms with van der Waals surface area (Å²) in [6.45, 7) is 4.33. The van der Waals surface area contributed by atoms with Crippen LogP contribution in [0.25, 0.3) is 5.69 Å². The predicted octanol–water partition coefficient (Wildman–Crippen LogP) is 6.79. The summed E-state index contributed by atoms with van der Waals surface area (Å²) in [6.07, 6.45) is 1.80. The zero-order chi connectivity index (χ0) is 25.0. The molecule has 0 saturated carbocycles. The van der Waals surface area contributed by atoms with Crippen molar-refractivity contribution < 1.29 is 18.6 Å². The van der Waals surface area contributed by atoms with Gasteiger partial charge in [-0.3, -0.25) is 4.57 Å². The van der Waals surface area contributed by atoms with Gasteiger partial charge in [0.2, 0.25) is 0 Å². The van der Waals surface area contributed by atoms with Crippen molar-refractivity contribution in [2.24, 2.45) is 0 Å². The first-order valence-electron chi connectivity index (χ1n) is 11.1. The van der Waals surface area contributed by atoms with Crippen molar-refractivity contribution in [3.05, 3.63) is 106 Å². The van der Waals surface area contributed by atoms with Crippen LogP contribution >= 0.6 is 23.4 Å². The Hall–Kier alpha value is -2.87. The van der Waals surface area contributed by atoms with Gasteiger partial charge in [-0.25, -0.2) is 13.8 Å². The molecule has 3 aromatic carbocycles. The van der Waals surface area contributed by atoms with E-state index in [1.807, 2.05) is 28.8 Å². The number of hydrogen-bond donors (Lipinski definition) is 1. The van der Waals surface area contributed by atoms with E-state index >= 15 is 0 Å². The van der Waals surface area contributed by atoms with Crippen LogP contribution in [0.1, 0.15) is 30.7 Å². The van der Waals surface area contributed by atoms with Gasteiger partial charge in [-0.05, 0) is 54.1 Å². The lowest BCUT2D eigenvalue weighted by atomic mass is 9.81. The Morgan fingerprint density at radius 1 is 1.03 bits per heavy atom. The lowest BCUT2D eigenvalue weighted by molar-refractivity contribution is 0.201. The van der Waals surface area contributed by atoms with E-state index < -0.39 is 5.41 Å². The average Bonchev–Trinajstić information content (AvgIpc) is 3.28. The molecule has 0 aliphatic heterocycles. The predicted molar refractivity (Wildman–Crippen MR) is 136 cm³/mol. The molecule has 1 aromatic heterocycles. The lowest BCUT2D eigenvalue weighted by Gasteiger charge is -2.27. The molecule has 4 nitrogen and oxygen atoms in total. The third kappa shape index (κ3) is 5.53. The number of ether oxygens (including phenoxy) is 1. The second kappa shape index (κ2) is 10.8. The molecule has 1 N–H and O–H groups in total. The molecular weight excluding hydrogens is 490 g/mol. The van der Waals surface area contributed by atoms with Crippen LogP contribution in [0, 0.1) is 11.6 Å². The molecule has 0 unspecified atom stereocenters. The van der Waals surface area contributed by atoms with Gasteiger partial charge in [0.25, 0.3) is 0 Å². The van der Waals surface area contributed by atoms with Crippen LogP contribution in [0.4, 0.5) is 8.78 Å². The van der Waals surface area contributed by atoms with Gasteiger partial charge in [0.05, 0.1) is 18.5 Å². The minimum absolute atomic E-state index is 0.0529. The molecule has 0 aliphatic carbocycles. The molecule has 4 aromatic rings. The molecule has 0 atom stereocenters. The van der Waals surface area contributed by atoms with Gasteiger partial charge in [-0.1, -0.05) is 55.4 Å². The maximum atomic E-state index is 14.4. The van der Waals surface area contributed by atoms with Gasteiger partial charge in [0, 0.05) is 27.4 Å². The van der Waals surface area contributed by atoms with E-state index in [4.69, 9.17) is 21.4 Å². The Morgan fingerprint density at radius 3 is 2.40 bits per heavy atom. The minimum Gasteiger partial charge on any atom is -0.491 e. The average molecular weight is 515 g/mol. The SMILES string of the molecule is CC(C)(c1ccc(OCCO)cc1)c1cnc(SCc2c(F)cccc2Cl)n1-c1ccc(F)cc1. The maximum Gasteiger partial charge on any atom is 0.173 e. The van der Waals surface area contributed by atoms with Crippen LogP contribution < -0.4 is 4.74 Å². The molecule has 1 heterocycles. The van der Waals surface area contributed by atoms with Crippen LogP contribution in [0.3, 0.4) is 0 Å². The van der Waals surface area contributed by atoms with E-state index in [1.165, 1.54) is 30.0 Å². The van der Waals surface area contributed by atoms with Gasteiger partial charge in [0.1, 0.15) is 24.0 Å². The molecule has 0 bridgehead atoms. The summed E-state index contributed by atoms with van der Waals surface area (Å²) in [4.78, 5) is 4.65. The number of hydrogen-bond acceptors (Lipinski definition) is 4. The molecular formula is C27H25ClF2N2O2S. The van der Waals surface area contributed by atoms with Crippen molar-refractivity contribution in [2.45, 2.75) is 30.2 Å². The van der Waals surface area contributed by atoms with Crippen LogP contribution in [0.5, 0.6) is 5.75 Å². The molecule has 0 spiro atoms. The molecule has 4 rings (SSSR count). The van der Waals surface area contributed by atoms with Crippen molar-refractivity contribution in [3.63, 3.8) is 0 Å². The number of benzene rings is 3. The van der Waals surface area contributed by atoms with Gasteiger partial charge in [-0.2, -0.15) is 0 Å². The smallest absolute Gasteiger partial charge is 0.173 e. The number of rotatable bonds is 9. The van der Waals surface area contributed by atoms with E-state index in [9.17, 15) is 8.78 Å². The monoisotopic (exact) mass is 514 g/mol. The van der Waals surface area contributed by atoms with Crippen molar-refractivity contribution in [3.8, 4) is 11.4 Å². The second-order valence-electron chi connectivity index (χ2n) is 8.45. The van der Waals surface area contributed by atoms with Gasteiger partial charge in [-0.15, -0.1) is 0 Å². The highest BCUT2D eigenvalue weighted by atomic mass is 35.5. The first kappa shape index (κ1) is 25.2. The van der Waals surface area contributed by atoms with Crippen molar-refractivity contribution in [1.29, 1.82) is 0 Å². The van der Waals surface area contributed by atoms with Gasteiger partial charge < -0.3 is 9.84 Å². The summed E-state index contributed by atoms with van der Waals surface area (Å²) in [5.41, 5.74) is 2.58. The summed E-state index contributed by atoms with van der Waals surface area (Å²) in [5, 5.41) is 9.98. The fourth-order valence-corrected chi connectivity index (χ4v) is 5.14. The number of halogens is 3. The van der Waals surface area contributed by atoms with E-state index in [0.717, 1.165) is 16.9 Å². The quantitative estimate of drug-likeness (QED) is 0.250. The van der Waals surface area contributed by atoms with Crippen LogP contribution in [0.15, 0.2) is 78.1 Å². The summed E-state index contributed by atoms with van der Waals surface area (Å²) >= 11 is 7.59. The first-order chi connectivity index (χ1) is 16.8. The normalized spacial score (nSPS) is 11.6. The second-order valence-corrected chi connectivity index (χ2v) is 9.80. The third-order valence-corrected chi connectivity index (χ3v) is 7.13. The van der Waals surface area contributed by atoms with E-state index in [1.54, 1.807) is 30.5 Å². The third-order valence-electron chi connectivity index (χ3n) is 5.80. The Labute approximate surface area is 212 Å². The maximum absolute atomic E-state index is 14.4. The highest BCUT2D eigenvalue weighted by Gasteiger charge is 2.29. The highest BCUT2D eigenvalue weighted by Crippen LogP contribution is 2.38. The summed E-state index contributed by atoms with van der Waals surface area (Å²) in [6, 6.07) is 18.5. The van der Waals surface area contributed by atoms with Crippen molar-refractivity contribution >= 4 is 23.4 Å². The zero-order valence-electron chi connectivity index (χ0n) is 19.3. The Morgan fingerprint density at radius 2 is 1.74 bits per heavy atom. The first-order valence-corrected chi connectivity index (χ1v) is 12.4. The molecule has 0 saturated heterocycles. The number of nitrogens with zero attached hydrogens (tertiary/aromatic N) is 2. The number of aromatic nitrogens is 2. The molecule has 182 valence electrons. The zero-order valence-corrected chi connectivity index (χ0v) is 20.9. The van der Waals surface area contributed by atoms with E-state index in [2.05, 4.69) is 18.8 Å². The summed E-state index contributed by atoms with van der Waals surface area (Å²) in [5.74, 6) is 0.263. The number of aliphatic hydroxyl groups is 1. The molecule has 8 heteroatoms. The fraction of sp³-hybridized carbons (Fsp3) is 0.222. The van der Waals surface area contributed by atoms with Crippen LogP contribution in [0.2, 0.25) is 5.02 Å². The van der Waals surface area contributed by atoms with Crippen molar-refractivity contribution in [2.75, 3.05) is 13.2 Å². The van der Waals surface area contributed by atoms with E-state index in [-0.39, 0.29) is 24.8 Å². The topological polar surface area (TPSA) is 47.3 Å². The Kier molecular flexibility index (Phi) is 7.79. The number of thioether (sulfide) groups is 1.